The lowest BCUT2D eigenvalue weighted by molar-refractivity contribution is 0.0670. The summed E-state index contributed by atoms with van der Waals surface area (Å²) in [4.78, 5) is 2.36. The first kappa shape index (κ1) is 16.6. The number of piperidine rings is 1. The van der Waals surface area contributed by atoms with Crippen molar-refractivity contribution in [2.24, 2.45) is 5.92 Å². The zero-order chi connectivity index (χ0) is 15.9. The Morgan fingerprint density at radius 2 is 2.09 bits per heavy atom. The lowest BCUT2D eigenvalue weighted by Gasteiger charge is -2.33. The number of hydrogen-bond donors (Lipinski definition) is 1. The molecule has 0 amide bonds. The third-order valence-corrected chi connectivity index (χ3v) is 4.27. The Morgan fingerprint density at radius 1 is 1.36 bits per heavy atom. The van der Waals surface area contributed by atoms with Gasteiger partial charge in [0, 0.05) is 12.6 Å². The molecule has 0 bridgehead atoms. The van der Waals surface area contributed by atoms with Gasteiger partial charge in [-0.05, 0) is 50.9 Å². The zero-order valence-corrected chi connectivity index (χ0v) is 13.3. The van der Waals surface area contributed by atoms with Crippen molar-refractivity contribution in [3.05, 3.63) is 23.8 Å². The van der Waals surface area contributed by atoms with Crippen LogP contribution >= 0.6 is 0 Å². The molecule has 5 heteroatoms. The van der Waals surface area contributed by atoms with Crippen LogP contribution in [0.3, 0.4) is 0 Å². The SMILES string of the molecule is COc1cc(C#N)ccc1OCCN1CCC(C(C)O)CC1. The lowest BCUT2D eigenvalue weighted by Crippen LogP contribution is -2.39. The summed E-state index contributed by atoms with van der Waals surface area (Å²) in [5.74, 6) is 1.68. The number of aliphatic hydroxyl groups is 1. The predicted molar refractivity (Wildman–Crippen MR) is 84.0 cm³/mol. The summed E-state index contributed by atoms with van der Waals surface area (Å²) in [5, 5.41) is 18.5. The minimum atomic E-state index is -0.207. The Kier molecular flexibility index (Phi) is 6.05. The maximum absolute atomic E-state index is 9.61. The first-order valence-corrected chi connectivity index (χ1v) is 7.75. The van der Waals surface area contributed by atoms with Crippen molar-refractivity contribution in [3.8, 4) is 17.6 Å². The van der Waals surface area contributed by atoms with Crippen LogP contribution in [0.1, 0.15) is 25.3 Å². The highest BCUT2D eigenvalue weighted by molar-refractivity contribution is 5.46. The molecule has 0 aliphatic carbocycles. The van der Waals surface area contributed by atoms with E-state index in [2.05, 4.69) is 11.0 Å². The molecule has 1 aromatic carbocycles. The van der Waals surface area contributed by atoms with Crippen LogP contribution in [0.15, 0.2) is 18.2 Å². The van der Waals surface area contributed by atoms with Crippen molar-refractivity contribution < 1.29 is 14.6 Å². The highest BCUT2D eigenvalue weighted by Crippen LogP contribution is 2.28. The molecule has 1 fully saturated rings. The van der Waals surface area contributed by atoms with Crippen molar-refractivity contribution in [3.63, 3.8) is 0 Å². The number of ether oxygens (including phenoxy) is 2. The number of nitriles is 1. The molecule has 0 radical (unpaired) electrons. The standard InChI is InChI=1S/C17H24N2O3/c1-13(20)15-5-7-19(8-6-15)9-10-22-16-4-3-14(12-18)11-17(16)21-2/h3-4,11,13,15,20H,5-10H2,1-2H3. The molecule has 2 rings (SSSR count). The molecule has 0 aromatic heterocycles. The van der Waals surface area contributed by atoms with E-state index in [0.29, 0.717) is 29.6 Å². The van der Waals surface area contributed by atoms with Gasteiger partial charge in [0.2, 0.25) is 0 Å². The van der Waals surface area contributed by atoms with Crippen molar-refractivity contribution in [1.82, 2.24) is 4.90 Å². The summed E-state index contributed by atoms with van der Waals surface area (Å²) in [6, 6.07) is 7.27. The van der Waals surface area contributed by atoms with Gasteiger partial charge in [0.05, 0.1) is 24.8 Å². The van der Waals surface area contributed by atoms with E-state index in [4.69, 9.17) is 14.7 Å². The molecule has 1 N–H and O–H groups in total. The van der Waals surface area contributed by atoms with Gasteiger partial charge in [-0.25, -0.2) is 0 Å². The van der Waals surface area contributed by atoms with Crippen LogP contribution in [0.4, 0.5) is 0 Å². The summed E-state index contributed by atoms with van der Waals surface area (Å²) in [6.45, 7) is 5.32. The van der Waals surface area contributed by atoms with Gasteiger partial charge in [-0.2, -0.15) is 5.26 Å². The average molecular weight is 304 g/mol. The van der Waals surface area contributed by atoms with E-state index >= 15 is 0 Å². The number of nitrogens with zero attached hydrogens (tertiary/aromatic N) is 2. The summed E-state index contributed by atoms with van der Waals surface area (Å²) in [6.07, 6.45) is 1.87. The monoisotopic (exact) mass is 304 g/mol. The molecule has 1 unspecified atom stereocenters. The number of likely N-dealkylation sites (tertiary alicyclic amines) is 1. The molecule has 0 spiro atoms. The Labute approximate surface area is 132 Å². The second kappa shape index (κ2) is 8.02. The highest BCUT2D eigenvalue weighted by atomic mass is 16.5. The van der Waals surface area contributed by atoms with Crippen LogP contribution in [0, 0.1) is 17.2 Å². The van der Waals surface area contributed by atoms with Crippen molar-refractivity contribution >= 4 is 0 Å². The van der Waals surface area contributed by atoms with E-state index in [1.807, 2.05) is 6.92 Å². The number of rotatable bonds is 6. The van der Waals surface area contributed by atoms with E-state index in [1.54, 1.807) is 25.3 Å². The van der Waals surface area contributed by atoms with Crippen LogP contribution in [-0.4, -0.2) is 49.5 Å². The minimum absolute atomic E-state index is 0.207. The van der Waals surface area contributed by atoms with E-state index in [1.165, 1.54) is 0 Å². The fraction of sp³-hybridized carbons (Fsp3) is 0.588. The second-order valence-corrected chi connectivity index (χ2v) is 5.75. The highest BCUT2D eigenvalue weighted by Gasteiger charge is 2.22. The molecule has 1 heterocycles. The molecule has 1 aliphatic rings. The number of methoxy groups -OCH3 is 1. The third kappa shape index (κ3) is 4.36. The Morgan fingerprint density at radius 3 is 2.68 bits per heavy atom. The quantitative estimate of drug-likeness (QED) is 0.871. The van der Waals surface area contributed by atoms with Crippen LogP contribution in [0.5, 0.6) is 11.5 Å². The average Bonchev–Trinajstić information content (AvgIpc) is 2.55. The van der Waals surface area contributed by atoms with Gasteiger partial charge < -0.3 is 14.6 Å². The summed E-state index contributed by atoms with van der Waals surface area (Å²) in [5.41, 5.74) is 0.560. The molecule has 1 aromatic rings. The first-order chi connectivity index (χ1) is 10.6. The topological polar surface area (TPSA) is 65.7 Å². The van der Waals surface area contributed by atoms with Crippen LogP contribution in [0.2, 0.25) is 0 Å². The Bertz CT molecular complexity index is 517. The smallest absolute Gasteiger partial charge is 0.162 e. The van der Waals surface area contributed by atoms with Crippen LogP contribution < -0.4 is 9.47 Å². The minimum Gasteiger partial charge on any atom is -0.493 e. The number of benzene rings is 1. The molecule has 120 valence electrons. The number of hydrogen-bond acceptors (Lipinski definition) is 5. The van der Waals surface area contributed by atoms with E-state index in [0.717, 1.165) is 32.5 Å². The van der Waals surface area contributed by atoms with E-state index < -0.39 is 0 Å². The lowest BCUT2D eigenvalue weighted by atomic mass is 9.92. The van der Waals surface area contributed by atoms with E-state index in [-0.39, 0.29) is 6.10 Å². The molecule has 22 heavy (non-hydrogen) atoms. The normalized spacial score (nSPS) is 17.7. The Balaban J connectivity index is 1.79. The Hall–Kier alpha value is -1.77. The van der Waals surface area contributed by atoms with Gasteiger partial charge in [-0.3, -0.25) is 4.90 Å². The van der Waals surface area contributed by atoms with E-state index in [9.17, 15) is 5.11 Å². The van der Waals surface area contributed by atoms with Crippen molar-refractivity contribution in [2.45, 2.75) is 25.9 Å². The summed E-state index contributed by atoms with van der Waals surface area (Å²) >= 11 is 0. The van der Waals surface area contributed by atoms with Gasteiger partial charge in [0.15, 0.2) is 11.5 Å². The molecule has 1 aliphatic heterocycles. The number of aliphatic hydroxyl groups excluding tert-OH is 1. The molecule has 5 nitrogen and oxygen atoms in total. The fourth-order valence-electron chi connectivity index (χ4n) is 2.80. The van der Waals surface area contributed by atoms with Gasteiger partial charge in [0.1, 0.15) is 6.61 Å². The molecular weight excluding hydrogens is 280 g/mol. The molecule has 1 atom stereocenters. The van der Waals surface area contributed by atoms with Gasteiger partial charge >= 0.3 is 0 Å². The first-order valence-electron chi connectivity index (χ1n) is 7.75. The molecular formula is C17H24N2O3. The van der Waals surface area contributed by atoms with Gasteiger partial charge in [0.25, 0.3) is 0 Å². The van der Waals surface area contributed by atoms with Crippen LogP contribution in [0.25, 0.3) is 0 Å². The third-order valence-electron chi connectivity index (χ3n) is 4.27. The van der Waals surface area contributed by atoms with Crippen LogP contribution in [-0.2, 0) is 0 Å². The predicted octanol–water partition coefficient (Wildman–Crippen LogP) is 2.04. The maximum atomic E-state index is 9.61. The zero-order valence-electron chi connectivity index (χ0n) is 13.3. The summed E-state index contributed by atoms with van der Waals surface area (Å²) in [7, 11) is 1.57. The maximum Gasteiger partial charge on any atom is 0.162 e. The molecule has 1 saturated heterocycles. The van der Waals surface area contributed by atoms with Gasteiger partial charge in [-0.15, -0.1) is 0 Å². The fourth-order valence-corrected chi connectivity index (χ4v) is 2.80. The van der Waals surface area contributed by atoms with Crippen molar-refractivity contribution in [1.29, 1.82) is 5.26 Å². The largest absolute Gasteiger partial charge is 0.493 e. The molecule has 0 saturated carbocycles. The summed E-state index contributed by atoms with van der Waals surface area (Å²) < 4.78 is 11.0. The second-order valence-electron chi connectivity index (χ2n) is 5.75. The van der Waals surface area contributed by atoms with Gasteiger partial charge in [-0.1, -0.05) is 0 Å². The van der Waals surface area contributed by atoms with Crippen molar-refractivity contribution in [2.75, 3.05) is 33.4 Å².